The highest BCUT2D eigenvalue weighted by Gasteiger charge is 2.21. The number of likely N-dealkylation sites (tertiary alicyclic amines) is 1. The van der Waals surface area contributed by atoms with Gasteiger partial charge in [0.1, 0.15) is 0 Å². The van der Waals surface area contributed by atoms with E-state index in [2.05, 4.69) is 11.2 Å². The first-order valence-corrected chi connectivity index (χ1v) is 14.2. The Balaban J connectivity index is 1.62. The van der Waals surface area contributed by atoms with E-state index in [0.717, 1.165) is 25.3 Å². The third-order valence-corrected chi connectivity index (χ3v) is 8.65. The number of anilines is 1. The summed E-state index contributed by atoms with van der Waals surface area (Å²) < 4.78 is 15.2. The molecular weight excluding hydrogens is 491 g/mol. The monoisotopic (exact) mass is 518 g/mol. The Labute approximate surface area is 208 Å². The van der Waals surface area contributed by atoms with Gasteiger partial charge in [-0.1, -0.05) is 34.8 Å². The molecule has 0 aliphatic carbocycles. The molecule has 1 heterocycles. The molecule has 1 atom stereocenters. The molecule has 0 bridgehead atoms. The number of hydrogen-bond acceptors (Lipinski definition) is 3. The van der Waals surface area contributed by atoms with Crippen molar-refractivity contribution in [2.75, 3.05) is 42.5 Å². The fourth-order valence-electron chi connectivity index (χ4n) is 3.85. The summed E-state index contributed by atoms with van der Waals surface area (Å²) in [5, 5.41) is 1.74. The fraction of sp³-hybridized carbons (Fsp3) is 0.478. The second-order valence-corrected chi connectivity index (χ2v) is 11.4. The van der Waals surface area contributed by atoms with Gasteiger partial charge in [0.05, 0.1) is 15.6 Å². The van der Waals surface area contributed by atoms with Gasteiger partial charge >= 0.3 is 0 Å². The van der Waals surface area contributed by atoms with E-state index in [-0.39, 0.29) is 0 Å². The standard InChI is InChI=1S/C23H29Cl3N2OS2/c1-30-17-18-10-14-27(15-11-18)12-2-3-13-28(23-16-20(25)6-9-22(23)26)31(29)21-7-4-19(24)5-8-21/h4-9,16,18H,2-3,10-15,17H2,1H3. The molecule has 1 unspecified atom stereocenters. The molecule has 0 spiro atoms. The molecule has 3 rings (SSSR count). The van der Waals surface area contributed by atoms with Crippen LogP contribution >= 0.6 is 46.6 Å². The van der Waals surface area contributed by atoms with E-state index in [1.165, 1.54) is 31.7 Å². The molecule has 1 aliphatic rings. The summed E-state index contributed by atoms with van der Waals surface area (Å²) in [5.74, 6) is 2.15. The van der Waals surface area contributed by atoms with Crippen LogP contribution < -0.4 is 4.31 Å². The van der Waals surface area contributed by atoms with E-state index in [1.807, 2.05) is 16.1 Å². The van der Waals surface area contributed by atoms with Crippen molar-refractivity contribution in [3.8, 4) is 0 Å². The van der Waals surface area contributed by atoms with Crippen LogP contribution in [0.15, 0.2) is 47.4 Å². The van der Waals surface area contributed by atoms with E-state index in [9.17, 15) is 4.21 Å². The van der Waals surface area contributed by atoms with E-state index in [0.29, 0.717) is 32.2 Å². The minimum absolute atomic E-state index is 0.544. The summed E-state index contributed by atoms with van der Waals surface area (Å²) in [6.45, 7) is 4.09. The van der Waals surface area contributed by atoms with Crippen LogP contribution in [0.25, 0.3) is 0 Å². The molecule has 3 nitrogen and oxygen atoms in total. The molecule has 0 radical (unpaired) electrons. The number of unbranched alkanes of at least 4 members (excludes halogenated alkanes) is 1. The molecule has 0 saturated carbocycles. The van der Waals surface area contributed by atoms with Crippen molar-refractivity contribution in [1.29, 1.82) is 0 Å². The van der Waals surface area contributed by atoms with Gasteiger partial charge in [-0.3, -0.25) is 4.31 Å². The van der Waals surface area contributed by atoms with Crippen LogP contribution in [0.5, 0.6) is 0 Å². The highest BCUT2D eigenvalue weighted by atomic mass is 35.5. The molecule has 0 N–H and O–H groups in total. The Hall–Kier alpha value is -0.430. The predicted molar refractivity (Wildman–Crippen MR) is 138 cm³/mol. The molecule has 1 saturated heterocycles. The lowest BCUT2D eigenvalue weighted by Gasteiger charge is -2.32. The second kappa shape index (κ2) is 12.7. The van der Waals surface area contributed by atoms with Crippen molar-refractivity contribution in [2.24, 2.45) is 5.92 Å². The number of halogens is 3. The zero-order chi connectivity index (χ0) is 22.2. The molecule has 170 valence electrons. The van der Waals surface area contributed by atoms with Gasteiger partial charge in [-0.05, 0) is 106 Å². The maximum absolute atomic E-state index is 13.4. The van der Waals surface area contributed by atoms with E-state index < -0.39 is 11.0 Å². The number of thioether (sulfide) groups is 1. The summed E-state index contributed by atoms with van der Waals surface area (Å²) in [5.41, 5.74) is 0.695. The molecule has 0 aromatic heterocycles. The van der Waals surface area contributed by atoms with E-state index in [1.54, 1.807) is 42.5 Å². The Morgan fingerprint density at radius 2 is 1.71 bits per heavy atom. The summed E-state index contributed by atoms with van der Waals surface area (Å²) in [6.07, 6.45) is 6.77. The van der Waals surface area contributed by atoms with Crippen molar-refractivity contribution in [1.82, 2.24) is 4.90 Å². The number of nitrogens with zero attached hydrogens (tertiary/aromatic N) is 2. The van der Waals surface area contributed by atoms with Crippen LogP contribution in [-0.2, 0) is 11.0 Å². The summed E-state index contributed by atoms with van der Waals surface area (Å²) in [7, 11) is -1.40. The Bertz CT molecular complexity index is 858. The SMILES string of the molecule is CSCC1CCN(CCCCN(c2cc(Cl)ccc2Cl)S(=O)c2ccc(Cl)cc2)CC1. The minimum Gasteiger partial charge on any atom is -0.303 e. The average molecular weight is 520 g/mol. The molecule has 8 heteroatoms. The summed E-state index contributed by atoms with van der Waals surface area (Å²) in [4.78, 5) is 3.25. The molecule has 2 aromatic carbocycles. The van der Waals surface area contributed by atoms with E-state index >= 15 is 0 Å². The van der Waals surface area contributed by atoms with Crippen molar-refractivity contribution >= 4 is 63.2 Å². The van der Waals surface area contributed by atoms with Crippen molar-refractivity contribution < 1.29 is 4.21 Å². The first kappa shape index (κ1) is 25.2. The van der Waals surface area contributed by atoms with Gasteiger partial charge in [-0.15, -0.1) is 0 Å². The van der Waals surface area contributed by atoms with Gasteiger partial charge in [0.15, 0.2) is 11.0 Å². The van der Waals surface area contributed by atoms with E-state index in [4.69, 9.17) is 34.8 Å². The minimum atomic E-state index is -1.40. The number of rotatable bonds is 10. The lowest BCUT2D eigenvalue weighted by atomic mass is 9.99. The molecule has 31 heavy (non-hydrogen) atoms. The zero-order valence-corrected chi connectivity index (χ0v) is 21.6. The van der Waals surface area contributed by atoms with Crippen LogP contribution in [-0.4, -0.2) is 47.3 Å². The molecular formula is C23H29Cl3N2OS2. The molecule has 1 fully saturated rings. The highest BCUT2D eigenvalue weighted by Crippen LogP contribution is 2.32. The third kappa shape index (κ3) is 7.55. The first-order chi connectivity index (χ1) is 15.0. The molecule has 0 amide bonds. The lowest BCUT2D eigenvalue weighted by Crippen LogP contribution is -2.35. The van der Waals surface area contributed by atoms with Gasteiger partial charge < -0.3 is 4.90 Å². The van der Waals surface area contributed by atoms with Gasteiger partial charge in [-0.2, -0.15) is 11.8 Å². The van der Waals surface area contributed by atoms with Gasteiger partial charge in [0.25, 0.3) is 0 Å². The van der Waals surface area contributed by atoms with Crippen LogP contribution in [0.4, 0.5) is 5.69 Å². The summed E-state index contributed by atoms with van der Waals surface area (Å²) >= 11 is 20.6. The van der Waals surface area contributed by atoms with Crippen LogP contribution in [0.1, 0.15) is 25.7 Å². The van der Waals surface area contributed by atoms with Crippen LogP contribution in [0, 0.1) is 5.92 Å². The highest BCUT2D eigenvalue weighted by molar-refractivity contribution is 7.98. The Kier molecular flexibility index (Phi) is 10.3. The van der Waals surface area contributed by atoms with Crippen LogP contribution in [0.3, 0.4) is 0 Å². The largest absolute Gasteiger partial charge is 0.303 e. The predicted octanol–water partition coefficient (Wildman–Crippen LogP) is 7.03. The maximum atomic E-state index is 13.4. The van der Waals surface area contributed by atoms with Gasteiger partial charge in [0.2, 0.25) is 0 Å². The number of piperidine rings is 1. The Morgan fingerprint density at radius 1 is 1.03 bits per heavy atom. The number of hydrogen-bond donors (Lipinski definition) is 0. The zero-order valence-electron chi connectivity index (χ0n) is 17.7. The van der Waals surface area contributed by atoms with Crippen molar-refractivity contribution in [2.45, 2.75) is 30.6 Å². The van der Waals surface area contributed by atoms with Gasteiger partial charge in [-0.25, -0.2) is 4.21 Å². The topological polar surface area (TPSA) is 23.6 Å². The fourth-order valence-corrected chi connectivity index (χ4v) is 6.47. The molecule has 2 aromatic rings. The smallest absolute Gasteiger partial charge is 0.152 e. The second-order valence-electron chi connectivity index (χ2n) is 7.85. The van der Waals surface area contributed by atoms with Gasteiger partial charge in [0, 0.05) is 16.6 Å². The number of benzene rings is 2. The Morgan fingerprint density at radius 3 is 2.39 bits per heavy atom. The first-order valence-electron chi connectivity index (χ1n) is 10.6. The maximum Gasteiger partial charge on any atom is 0.152 e. The molecule has 1 aliphatic heterocycles. The third-order valence-electron chi connectivity index (χ3n) is 5.59. The normalized spacial score (nSPS) is 16.4. The van der Waals surface area contributed by atoms with Crippen molar-refractivity contribution in [3.63, 3.8) is 0 Å². The average Bonchev–Trinajstić information content (AvgIpc) is 2.77. The van der Waals surface area contributed by atoms with Crippen molar-refractivity contribution in [3.05, 3.63) is 57.5 Å². The lowest BCUT2D eigenvalue weighted by molar-refractivity contribution is 0.192. The quantitative estimate of drug-likeness (QED) is 0.315. The summed E-state index contributed by atoms with van der Waals surface area (Å²) in [6, 6.07) is 12.4. The van der Waals surface area contributed by atoms with Crippen LogP contribution in [0.2, 0.25) is 15.1 Å².